The molecule has 3 heteroatoms. The molecule has 3 saturated carbocycles. The van der Waals surface area contributed by atoms with E-state index >= 15 is 0 Å². The van der Waals surface area contributed by atoms with Crippen LogP contribution >= 0.6 is 0 Å². The zero-order chi connectivity index (χ0) is 11.8. The molecule has 0 aromatic carbocycles. The number of carbonyl (C=O) groups excluding carboxylic acids is 1. The molecule has 0 aliphatic heterocycles. The minimum absolute atomic E-state index is 0.0978. The Morgan fingerprint density at radius 3 is 2.88 bits per heavy atom. The van der Waals surface area contributed by atoms with E-state index in [1.54, 1.807) is 0 Å². The molecule has 96 valence electrons. The Bertz CT molecular complexity index is 305. The normalized spacial score (nSPS) is 42.8. The molecule has 3 nitrogen and oxygen atoms in total. The van der Waals surface area contributed by atoms with Crippen LogP contribution in [0.2, 0.25) is 0 Å². The van der Waals surface area contributed by atoms with E-state index in [9.17, 15) is 4.79 Å². The van der Waals surface area contributed by atoms with Crippen LogP contribution in [0.25, 0.3) is 0 Å². The summed E-state index contributed by atoms with van der Waals surface area (Å²) in [6.07, 6.45) is 7.72. The molecule has 0 radical (unpaired) electrons. The standard InChI is InChI=1S/C14H23NO2/c1-17-14(16)5-6-15-13-8-9-7-12(13)11-4-2-3-10(9)11/h9-13,15H,2-8H2,1H3. The largest absolute Gasteiger partial charge is 0.469 e. The van der Waals surface area contributed by atoms with Gasteiger partial charge in [-0.15, -0.1) is 0 Å². The summed E-state index contributed by atoms with van der Waals surface area (Å²) in [5.74, 6) is 3.86. The van der Waals surface area contributed by atoms with Crippen molar-refractivity contribution in [3.8, 4) is 0 Å². The first-order valence-electron chi connectivity index (χ1n) is 7.10. The first-order chi connectivity index (χ1) is 8.29. The molecule has 0 saturated heterocycles. The molecular formula is C14H23NO2. The van der Waals surface area contributed by atoms with E-state index in [2.05, 4.69) is 10.1 Å². The van der Waals surface area contributed by atoms with Crippen molar-refractivity contribution in [3.63, 3.8) is 0 Å². The van der Waals surface area contributed by atoms with Crippen molar-refractivity contribution in [2.75, 3.05) is 13.7 Å². The maximum atomic E-state index is 11.1. The smallest absolute Gasteiger partial charge is 0.306 e. The second kappa shape index (κ2) is 4.60. The Labute approximate surface area is 103 Å². The number of fused-ring (bicyclic) bond motifs is 5. The van der Waals surface area contributed by atoms with Crippen molar-refractivity contribution in [1.82, 2.24) is 5.32 Å². The van der Waals surface area contributed by atoms with E-state index in [0.717, 1.165) is 30.2 Å². The van der Waals surface area contributed by atoms with Gasteiger partial charge in [-0.25, -0.2) is 0 Å². The topological polar surface area (TPSA) is 38.3 Å². The highest BCUT2D eigenvalue weighted by molar-refractivity contribution is 5.69. The van der Waals surface area contributed by atoms with Crippen LogP contribution in [0.3, 0.4) is 0 Å². The fourth-order valence-electron chi connectivity index (χ4n) is 4.76. The fourth-order valence-corrected chi connectivity index (χ4v) is 4.76. The summed E-state index contributed by atoms with van der Waals surface area (Å²) in [6.45, 7) is 0.790. The number of methoxy groups -OCH3 is 1. The molecule has 0 aromatic heterocycles. The lowest BCUT2D eigenvalue weighted by molar-refractivity contribution is -0.140. The Balaban J connectivity index is 1.49. The Kier molecular flexibility index (Phi) is 3.12. The highest BCUT2D eigenvalue weighted by atomic mass is 16.5. The van der Waals surface area contributed by atoms with E-state index in [1.807, 2.05) is 0 Å². The van der Waals surface area contributed by atoms with Crippen LogP contribution in [0.15, 0.2) is 0 Å². The number of hydrogen-bond donors (Lipinski definition) is 1. The SMILES string of the molecule is COC(=O)CCNC1CC2CC1C1CCCC21. The van der Waals surface area contributed by atoms with Crippen molar-refractivity contribution in [1.29, 1.82) is 0 Å². The number of rotatable bonds is 4. The lowest BCUT2D eigenvalue weighted by atomic mass is 9.79. The van der Waals surface area contributed by atoms with Gasteiger partial charge in [0.15, 0.2) is 0 Å². The van der Waals surface area contributed by atoms with Crippen molar-refractivity contribution < 1.29 is 9.53 Å². The van der Waals surface area contributed by atoms with Crippen molar-refractivity contribution in [2.24, 2.45) is 23.7 Å². The highest BCUT2D eigenvalue weighted by Crippen LogP contribution is 2.58. The van der Waals surface area contributed by atoms with Crippen molar-refractivity contribution in [3.05, 3.63) is 0 Å². The third-order valence-corrected chi connectivity index (χ3v) is 5.39. The maximum Gasteiger partial charge on any atom is 0.306 e. The average molecular weight is 237 g/mol. The average Bonchev–Trinajstić information content (AvgIpc) is 3.00. The van der Waals surface area contributed by atoms with Crippen LogP contribution in [0, 0.1) is 23.7 Å². The quantitative estimate of drug-likeness (QED) is 0.760. The Morgan fingerprint density at radius 2 is 2.06 bits per heavy atom. The fraction of sp³-hybridized carbons (Fsp3) is 0.929. The molecule has 0 heterocycles. The predicted molar refractivity (Wildman–Crippen MR) is 65.5 cm³/mol. The second-order valence-electron chi connectivity index (χ2n) is 6.04. The van der Waals surface area contributed by atoms with Gasteiger partial charge in [0.05, 0.1) is 13.5 Å². The molecule has 2 bridgehead atoms. The summed E-state index contributed by atoms with van der Waals surface area (Å²) in [4.78, 5) is 11.1. The van der Waals surface area contributed by atoms with Gasteiger partial charge in [-0.3, -0.25) is 4.79 Å². The summed E-state index contributed by atoms with van der Waals surface area (Å²) in [5.41, 5.74) is 0. The van der Waals surface area contributed by atoms with Crippen LogP contribution < -0.4 is 5.32 Å². The van der Waals surface area contributed by atoms with Gasteiger partial charge in [0.2, 0.25) is 0 Å². The van der Waals surface area contributed by atoms with E-state index in [4.69, 9.17) is 0 Å². The van der Waals surface area contributed by atoms with Gasteiger partial charge in [0, 0.05) is 12.6 Å². The summed E-state index contributed by atoms with van der Waals surface area (Å²) in [7, 11) is 1.46. The molecule has 3 rings (SSSR count). The highest BCUT2D eigenvalue weighted by Gasteiger charge is 2.53. The van der Waals surface area contributed by atoms with E-state index in [-0.39, 0.29) is 5.97 Å². The molecule has 1 N–H and O–H groups in total. The van der Waals surface area contributed by atoms with Gasteiger partial charge in [-0.2, -0.15) is 0 Å². The van der Waals surface area contributed by atoms with Crippen LogP contribution in [0.4, 0.5) is 0 Å². The molecular weight excluding hydrogens is 214 g/mol. The lowest BCUT2D eigenvalue weighted by Gasteiger charge is -2.32. The minimum Gasteiger partial charge on any atom is -0.469 e. The molecule has 3 aliphatic carbocycles. The number of esters is 1. The van der Waals surface area contributed by atoms with Crippen LogP contribution in [0.5, 0.6) is 0 Å². The van der Waals surface area contributed by atoms with Gasteiger partial charge >= 0.3 is 5.97 Å². The zero-order valence-corrected chi connectivity index (χ0v) is 10.7. The summed E-state index contributed by atoms with van der Waals surface area (Å²) in [5, 5.41) is 3.59. The zero-order valence-electron chi connectivity index (χ0n) is 10.7. The number of hydrogen-bond acceptors (Lipinski definition) is 3. The Hall–Kier alpha value is -0.570. The molecule has 3 fully saturated rings. The maximum absolute atomic E-state index is 11.1. The molecule has 17 heavy (non-hydrogen) atoms. The molecule has 0 spiro atoms. The van der Waals surface area contributed by atoms with Crippen LogP contribution in [0.1, 0.15) is 38.5 Å². The van der Waals surface area contributed by atoms with Gasteiger partial charge < -0.3 is 10.1 Å². The van der Waals surface area contributed by atoms with Crippen LogP contribution in [-0.2, 0) is 9.53 Å². The summed E-state index contributed by atoms with van der Waals surface area (Å²) < 4.78 is 4.67. The van der Waals surface area contributed by atoms with Crippen molar-refractivity contribution in [2.45, 2.75) is 44.6 Å². The van der Waals surface area contributed by atoms with Crippen LogP contribution in [-0.4, -0.2) is 25.7 Å². The van der Waals surface area contributed by atoms with Gasteiger partial charge in [0.25, 0.3) is 0 Å². The Morgan fingerprint density at radius 1 is 1.24 bits per heavy atom. The number of nitrogens with one attached hydrogen (secondary N) is 1. The van der Waals surface area contributed by atoms with Gasteiger partial charge in [0.1, 0.15) is 0 Å². The predicted octanol–water partition coefficient (Wildman–Crippen LogP) is 1.96. The molecule has 5 atom stereocenters. The molecule has 0 aromatic rings. The first-order valence-corrected chi connectivity index (χ1v) is 7.10. The third-order valence-electron chi connectivity index (χ3n) is 5.39. The monoisotopic (exact) mass is 237 g/mol. The molecule has 3 aliphatic rings. The van der Waals surface area contributed by atoms with Gasteiger partial charge in [-0.1, -0.05) is 6.42 Å². The lowest BCUT2D eigenvalue weighted by Crippen LogP contribution is -2.40. The summed E-state index contributed by atoms with van der Waals surface area (Å²) >= 11 is 0. The van der Waals surface area contributed by atoms with Gasteiger partial charge in [-0.05, 0) is 49.4 Å². The first kappa shape index (κ1) is 11.5. The second-order valence-corrected chi connectivity index (χ2v) is 6.04. The third kappa shape index (κ3) is 1.99. The number of ether oxygens (including phenoxy) is 1. The molecule has 5 unspecified atom stereocenters. The van der Waals surface area contributed by atoms with E-state index < -0.39 is 0 Å². The van der Waals surface area contributed by atoms with E-state index in [1.165, 1.54) is 39.2 Å². The number of carbonyl (C=O) groups is 1. The summed E-state index contributed by atoms with van der Waals surface area (Å²) in [6, 6.07) is 0.684. The van der Waals surface area contributed by atoms with Crippen molar-refractivity contribution >= 4 is 5.97 Å². The minimum atomic E-state index is -0.0978. The molecule has 0 amide bonds. The van der Waals surface area contributed by atoms with E-state index in [0.29, 0.717) is 12.5 Å².